The van der Waals surface area contributed by atoms with Gasteiger partial charge in [0.05, 0.1) is 5.69 Å². The number of aromatic nitrogens is 1. The van der Waals surface area contributed by atoms with Crippen molar-refractivity contribution in [3.05, 3.63) is 63.4 Å². The number of hydrogen-bond acceptors (Lipinski definition) is 4. The molecule has 0 saturated heterocycles. The van der Waals surface area contributed by atoms with Crippen molar-refractivity contribution >= 4 is 29.1 Å². The molecule has 5 nitrogen and oxygen atoms in total. The van der Waals surface area contributed by atoms with Crippen molar-refractivity contribution < 1.29 is 19.4 Å². The molecule has 0 bridgehead atoms. The van der Waals surface area contributed by atoms with Gasteiger partial charge in [0.25, 0.3) is 5.91 Å². The Morgan fingerprint density at radius 2 is 2.07 bits per heavy atom. The smallest absolute Gasteiger partial charge is 0.262 e. The first-order valence-electron chi connectivity index (χ1n) is 8.50. The van der Waals surface area contributed by atoms with Crippen molar-refractivity contribution in [1.82, 2.24) is 10.3 Å². The largest absolute Gasteiger partial charge is 0.396 e. The average molecular weight is 413 g/mol. The highest BCUT2D eigenvalue weighted by atomic mass is 35.5. The summed E-state index contributed by atoms with van der Waals surface area (Å²) in [6.45, 7) is -0.232. The summed E-state index contributed by atoms with van der Waals surface area (Å²) in [6, 6.07) is 7.80. The number of rotatable bonds is 5. The van der Waals surface area contributed by atoms with Crippen LogP contribution in [0.5, 0.6) is 0 Å². The van der Waals surface area contributed by atoms with Gasteiger partial charge in [0.2, 0.25) is 5.67 Å². The first-order valence-corrected chi connectivity index (χ1v) is 9.26. The van der Waals surface area contributed by atoms with Crippen molar-refractivity contribution in [3.8, 4) is 0 Å². The second kappa shape index (κ2) is 7.72. The molecule has 2 atom stereocenters. The van der Waals surface area contributed by atoms with Gasteiger partial charge in [-0.05, 0) is 36.6 Å². The minimum atomic E-state index is -2.33. The lowest BCUT2D eigenvalue weighted by Crippen LogP contribution is -2.48. The van der Waals surface area contributed by atoms with Crippen LogP contribution in [-0.4, -0.2) is 27.7 Å². The lowest BCUT2D eigenvalue weighted by Gasteiger charge is -2.39. The van der Waals surface area contributed by atoms with Crippen LogP contribution < -0.4 is 5.32 Å². The summed E-state index contributed by atoms with van der Waals surface area (Å²) in [7, 11) is 0. The summed E-state index contributed by atoms with van der Waals surface area (Å²) in [6.07, 6.45) is 1.21. The maximum Gasteiger partial charge on any atom is 0.262 e. The highest BCUT2D eigenvalue weighted by molar-refractivity contribution is 6.35. The van der Waals surface area contributed by atoms with E-state index in [1.165, 1.54) is 18.3 Å². The highest BCUT2D eigenvalue weighted by Gasteiger charge is 2.51. The molecule has 1 aromatic heterocycles. The van der Waals surface area contributed by atoms with Crippen LogP contribution in [0.1, 0.15) is 36.1 Å². The zero-order chi connectivity index (χ0) is 19.7. The number of benzene rings is 1. The predicted molar refractivity (Wildman–Crippen MR) is 100 cm³/mol. The molecule has 1 aliphatic rings. The molecule has 0 fully saturated rings. The number of aliphatic hydroxyl groups excluding tert-OH is 1. The van der Waals surface area contributed by atoms with E-state index >= 15 is 4.39 Å². The van der Waals surface area contributed by atoms with Crippen LogP contribution in [-0.2, 0) is 22.6 Å². The van der Waals surface area contributed by atoms with E-state index in [9.17, 15) is 15.0 Å². The summed E-state index contributed by atoms with van der Waals surface area (Å²) in [5.41, 5.74) is -3.07. The third-order valence-corrected chi connectivity index (χ3v) is 5.49. The summed E-state index contributed by atoms with van der Waals surface area (Å²) >= 11 is 11.9. The van der Waals surface area contributed by atoms with Crippen LogP contribution in [0.2, 0.25) is 10.0 Å². The molecule has 2 aromatic rings. The Balaban J connectivity index is 1.85. The Morgan fingerprint density at radius 1 is 1.30 bits per heavy atom. The highest BCUT2D eigenvalue weighted by Crippen LogP contribution is 2.46. The van der Waals surface area contributed by atoms with E-state index in [0.29, 0.717) is 15.6 Å². The van der Waals surface area contributed by atoms with Gasteiger partial charge in [0.15, 0.2) is 0 Å². The number of amides is 1. The van der Waals surface area contributed by atoms with E-state index in [1.54, 1.807) is 18.2 Å². The maximum atomic E-state index is 15.7. The Bertz CT molecular complexity index is 867. The number of nitrogens with zero attached hydrogens (tertiary/aromatic N) is 1. The summed E-state index contributed by atoms with van der Waals surface area (Å²) in [5, 5.41) is 23.4. The monoisotopic (exact) mass is 412 g/mol. The third-order valence-electron chi connectivity index (χ3n) is 4.90. The van der Waals surface area contributed by atoms with E-state index in [-0.39, 0.29) is 43.7 Å². The molecule has 1 amide bonds. The Labute approximate surface area is 166 Å². The van der Waals surface area contributed by atoms with Crippen LogP contribution >= 0.6 is 23.2 Å². The molecule has 27 heavy (non-hydrogen) atoms. The average Bonchev–Trinajstić information content (AvgIpc) is 2.65. The van der Waals surface area contributed by atoms with Gasteiger partial charge in [-0.15, -0.1) is 0 Å². The SMILES string of the molecule is O=C(NCc1ccc(Cl)cc1Cl)[C@]1(F)CC[C@](O)(CCO)c2ncccc21. The van der Waals surface area contributed by atoms with Crippen LogP contribution in [0.25, 0.3) is 0 Å². The van der Waals surface area contributed by atoms with Gasteiger partial charge in [0.1, 0.15) is 5.60 Å². The quantitative estimate of drug-likeness (QED) is 0.703. The van der Waals surface area contributed by atoms with Crippen LogP contribution in [0.15, 0.2) is 36.5 Å². The molecular weight excluding hydrogens is 394 g/mol. The first-order chi connectivity index (χ1) is 12.8. The lowest BCUT2D eigenvalue weighted by molar-refractivity contribution is -0.137. The number of aliphatic hydroxyl groups is 2. The fraction of sp³-hybridized carbons (Fsp3) is 0.368. The molecule has 3 N–H and O–H groups in total. The first kappa shape index (κ1) is 20.0. The van der Waals surface area contributed by atoms with Crippen molar-refractivity contribution in [2.75, 3.05) is 6.61 Å². The van der Waals surface area contributed by atoms with Crippen LogP contribution in [0, 0.1) is 0 Å². The number of nitrogens with one attached hydrogen (secondary N) is 1. The Kier molecular flexibility index (Phi) is 5.72. The minimum absolute atomic E-state index is 0.0203. The van der Waals surface area contributed by atoms with Gasteiger partial charge in [-0.1, -0.05) is 35.3 Å². The second-order valence-corrected chi connectivity index (χ2v) is 7.47. The van der Waals surface area contributed by atoms with E-state index in [0.717, 1.165) is 0 Å². The maximum absolute atomic E-state index is 15.7. The van der Waals surface area contributed by atoms with Gasteiger partial charge in [-0.2, -0.15) is 0 Å². The molecule has 0 unspecified atom stereocenters. The molecule has 0 aliphatic heterocycles. The lowest BCUT2D eigenvalue weighted by atomic mass is 9.73. The number of carbonyl (C=O) groups is 1. The summed E-state index contributed by atoms with van der Waals surface area (Å²) < 4.78 is 15.7. The van der Waals surface area contributed by atoms with Crippen molar-refractivity contribution in [1.29, 1.82) is 0 Å². The van der Waals surface area contributed by atoms with Gasteiger partial charge in [0, 0.05) is 41.4 Å². The summed E-state index contributed by atoms with van der Waals surface area (Å²) in [5.74, 6) is -0.825. The molecule has 3 rings (SSSR count). The zero-order valence-electron chi connectivity index (χ0n) is 14.4. The van der Waals surface area contributed by atoms with Gasteiger partial charge < -0.3 is 15.5 Å². The van der Waals surface area contributed by atoms with E-state index in [2.05, 4.69) is 10.3 Å². The Morgan fingerprint density at radius 3 is 2.78 bits per heavy atom. The number of alkyl halides is 1. The summed E-state index contributed by atoms with van der Waals surface area (Å²) in [4.78, 5) is 16.8. The molecular formula is C19H19Cl2FN2O3. The van der Waals surface area contributed by atoms with Crippen LogP contribution in [0.3, 0.4) is 0 Å². The molecule has 8 heteroatoms. The van der Waals surface area contributed by atoms with Crippen molar-refractivity contribution in [3.63, 3.8) is 0 Å². The molecule has 0 spiro atoms. The minimum Gasteiger partial charge on any atom is -0.396 e. The predicted octanol–water partition coefficient (Wildman–Crippen LogP) is 3.23. The fourth-order valence-corrected chi connectivity index (χ4v) is 3.85. The van der Waals surface area contributed by atoms with Crippen molar-refractivity contribution in [2.45, 2.75) is 37.1 Å². The molecule has 0 saturated carbocycles. The standard InChI is InChI=1S/C19H19Cl2FN2O3/c20-13-4-3-12(15(21)10-13)11-24-17(26)19(22)6-5-18(27,7-9-25)16-14(19)2-1-8-23-16/h1-4,8,10,25,27H,5-7,9,11H2,(H,24,26)/t18-,19-/m0/s1. The van der Waals surface area contributed by atoms with Gasteiger partial charge in [-0.3, -0.25) is 9.78 Å². The number of pyridine rings is 1. The van der Waals surface area contributed by atoms with Crippen LogP contribution in [0.4, 0.5) is 4.39 Å². The molecule has 1 aromatic carbocycles. The zero-order valence-corrected chi connectivity index (χ0v) is 15.9. The molecule has 144 valence electrons. The molecule has 0 radical (unpaired) electrons. The van der Waals surface area contributed by atoms with Crippen molar-refractivity contribution in [2.24, 2.45) is 0 Å². The molecule has 1 heterocycles. The van der Waals surface area contributed by atoms with E-state index < -0.39 is 17.2 Å². The number of halogens is 3. The third kappa shape index (κ3) is 3.80. The number of carbonyl (C=O) groups excluding carboxylic acids is 1. The van der Waals surface area contributed by atoms with E-state index in [1.807, 2.05) is 0 Å². The van der Waals surface area contributed by atoms with E-state index in [4.69, 9.17) is 23.2 Å². The number of fused-ring (bicyclic) bond motifs is 1. The second-order valence-electron chi connectivity index (χ2n) is 6.62. The van der Waals surface area contributed by atoms with Gasteiger partial charge >= 0.3 is 0 Å². The Hall–Kier alpha value is -1.73. The molecule has 1 aliphatic carbocycles. The topological polar surface area (TPSA) is 82.5 Å². The normalized spacial score (nSPS) is 24.3. The number of hydrogen-bond donors (Lipinski definition) is 3. The fourth-order valence-electron chi connectivity index (χ4n) is 3.37. The van der Waals surface area contributed by atoms with Gasteiger partial charge in [-0.25, -0.2) is 4.39 Å².